The van der Waals surface area contributed by atoms with E-state index in [9.17, 15) is 9.59 Å². The molecule has 0 atom stereocenters. The topological polar surface area (TPSA) is 74.6 Å². The van der Waals surface area contributed by atoms with Crippen LogP contribution >= 0.6 is 0 Å². The molecule has 0 aliphatic rings. The maximum atomic E-state index is 9.90. The number of aliphatic carboxylic acids is 2. The minimum Gasteiger partial charge on any atom is -1.00 e. The maximum Gasteiger partial charge on any atom is 1.00 e. The molecular formula is C6H10INaO4. The molecule has 0 radical (unpaired) electrons. The van der Waals surface area contributed by atoms with Crippen molar-refractivity contribution >= 4 is 11.9 Å². The van der Waals surface area contributed by atoms with Crippen molar-refractivity contribution < 1.29 is 73.3 Å². The molecule has 66 valence electrons. The summed E-state index contributed by atoms with van der Waals surface area (Å²) in [4.78, 5) is 19.8. The van der Waals surface area contributed by atoms with Gasteiger partial charge in [0.15, 0.2) is 0 Å². The molecule has 0 aliphatic heterocycles. The van der Waals surface area contributed by atoms with Gasteiger partial charge in [0.2, 0.25) is 0 Å². The molecule has 0 amide bonds. The van der Waals surface area contributed by atoms with Crippen molar-refractivity contribution in [2.24, 2.45) is 0 Å². The third-order valence-corrected chi connectivity index (χ3v) is 1.03. The first kappa shape index (κ1) is 18.5. The largest absolute Gasteiger partial charge is 1.00 e. The summed E-state index contributed by atoms with van der Waals surface area (Å²) in [5.41, 5.74) is 0. The Hall–Kier alpha value is 0.670. The minimum absolute atomic E-state index is 0. The third kappa shape index (κ3) is 17.0. The molecule has 0 heterocycles. The van der Waals surface area contributed by atoms with Crippen molar-refractivity contribution in [2.45, 2.75) is 25.7 Å². The van der Waals surface area contributed by atoms with Crippen LogP contribution in [-0.2, 0) is 9.59 Å². The molecule has 0 rings (SSSR count). The zero-order valence-electron chi connectivity index (χ0n) is 6.92. The van der Waals surface area contributed by atoms with E-state index in [4.69, 9.17) is 10.2 Å². The van der Waals surface area contributed by atoms with Crippen LogP contribution in [0.5, 0.6) is 0 Å². The number of hydrogen-bond acceptors (Lipinski definition) is 2. The molecule has 12 heavy (non-hydrogen) atoms. The Morgan fingerprint density at radius 1 is 0.917 bits per heavy atom. The van der Waals surface area contributed by atoms with Gasteiger partial charge in [0, 0.05) is 12.8 Å². The summed E-state index contributed by atoms with van der Waals surface area (Å²) in [6, 6.07) is 0. The molecule has 0 unspecified atom stereocenters. The standard InChI is InChI=1S/C6H10O4.HI.Na/c7-5(8)3-1-2-4-6(9)10;;/h1-4H2,(H,7,8)(H,9,10);1H;/q;;+1/p-1. The van der Waals surface area contributed by atoms with Crippen molar-refractivity contribution in [1.82, 2.24) is 0 Å². The number of rotatable bonds is 5. The Balaban J connectivity index is -0.000000405. The Bertz CT molecular complexity index is 124. The van der Waals surface area contributed by atoms with Crippen LogP contribution in [0.2, 0.25) is 0 Å². The maximum absolute atomic E-state index is 9.90. The number of carbonyl (C=O) groups is 2. The van der Waals surface area contributed by atoms with Gasteiger partial charge in [0.25, 0.3) is 0 Å². The summed E-state index contributed by atoms with van der Waals surface area (Å²) in [7, 11) is 0. The zero-order valence-corrected chi connectivity index (χ0v) is 11.1. The van der Waals surface area contributed by atoms with Gasteiger partial charge in [-0.2, -0.15) is 0 Å². The van der Waals surface area contributed by atoms with Crippen molar-refractivity contribution in [3.05, 3.63) is 0 Å². The monoisotopic (exact) mass is 296 g/mol. The van der Waals surface area contributed by atoms with E-state index >= 15 is 0 Å². The van der Waals surface area contributed by atoms with Gasteiger partial charge in [-0.3, -0.25) is 9.59 Å². The van der Waals surface area contributed by atoms with Gasteiger partial charge in [-0.05, 0) is 12.8 Å². The van der Waals surface area contributed by atoms with Crippen LogP contribution in [0.1, 0.15) is 25.7 Å². The Morgan fingerprint density at radius 3 is 1.33 bits per heavy atom. The molecule has 0 saturated heterocycles. The second kappa shape index (κ2) is 11.7. The molecule has 0 spiro atoms. The Morgan fingerprint density at radius 2 is 1.17 bits per heavy atom. The number of carboxylic acids is 2. The normalized spacial score (nSPS) is 7.67. The minimum atomic E-state index is -0.870. The van der Waals surface area contributed by atoms with Gasteiger partial charge in [-0.25, -0.2) is 0 Å². The molecule has 4 nitrogen and oxygen atoms in total. The van der Waals surface area contributed by atoms with Crippen LogP contribution < -0.4 is 53.5 Å². The first-order valence-corrected chi connectivity index (χ1v) is 3.06. The summed E-state index contributed by atoms with van der Waals surface area (Å²) in [5, 5.41) is 16.3. The van der Waals surface area contributed by atoms with Gasteiger partial charge in [0.1, 0.15) is 0 Å². The fourth-order valence-electron chi connectivity index (χ4n) is 0.552. The van der Waals surface area contributed by atoms with Crippen LogP contribution in [0.4, 0.5) is 0 Å². The second-order valence-corrected chi connectivity index (χ2v) is 1.99. The molecule has 2 N–H and O–H groups in total. The van der Waals surface area contributed by atoms with Crippen LogP contribution in [-0.4, -0.2) is 22.2 Å². The number of hydrogen-bond donors (Lipinski definition) is 2. The number of halogens is 1. The van der Waals surface area contributed by atoms with E-state index in [0.29, 0.717) is 12.8 Å². The molecule has 0 bridgehead atoms. The van der Waals surface area contributed by atoms with Gasteiger partial charge in [0.05, 0.1) is 0 Å². The predicted molar refractivity (Wildman–Crippen MR) is 33.7 cm³/mol. The van der Waals surface area contributed by atoms with Crippen LogP contribution in [0.3, 0.4) is 0 Å². The number of unbranched alkanes of at least 4 members (excludes halogenated alkanes) is 1. The van der Waals surface area contributed by atoms with E-state index in [2.05, 4.69) is 0 Å². The van der Waals surface area contributed by atoms with E-state index in [0.717, 1.165) is 0 Å². The summed E-state index contributed by atoms with van der Waals surface area (Å²) >= 11 is 0. The van der Waals surface area contributed by atoms with Gasteiger partial charge < -0.3 is 34.2 Å². The summed E-state index contributed by atoms with van der Waals surface area (Å²) < 4.78 is 0. The summed E-state index contributed by atoms with van der Waals surface area (Å²) in [6.07, 6.45) is 1.02. The van der Waals surface area contributed by atoms with E-state index in [-0.39, 0.29) is 66.4 Å². The molecule has 0 aromatic rings. The van der Waals surface area contributed by atoms with Crippen molar-refractivity contribution in [2.75, 3.05) is 0 Å². The van der Waals surface area contributed by atoms with Crippen LogP contribution in [0.25, 0.3) is 0 Å². The molecule has 6 heteroatoms. The Kier molecular flexibility index (Phi) is 17.9. The van der Waals surface area contributed by atoms with Crippen molar-refractivity contribution in [1.29, 1.82) is 0 Å². The van der Waals surface area contributed by atoms with E-state index in [1.807, 2.05) is 0 Å². The van der Waals surface area contributed by atoms with E-state index in [1.54, 1.807) is 0 Å². The SMILES string of the molecule is O=C(O)CCCCC(=O)O.[I-].[Na+]. The number of carboxylic acid groups (broad SMARTS) is 2. The quantitative estimate of drug-likeness (QED) is 0.302. The van der Waals surface area contributed by atoms with Gasteiger partial charge in [-0.15, -0.1) is 0 Å². The molecule has 0 aliphatic carbocycles. The summed E-state index contributed by atoms with van der Waals surface area (Å²) in [5.74, 6) is -1.74. The molecular weight excluding hydrogens is 286 g/mol. The van der Waals surface area contributed by atoms with E-state index in [1.165, 1.54) is 0 Å². The van der Waals surface area contributed by atoms with Crippen LogP contribution in [0.15, 0.2) is 0 Å². The first-order chi connectivity index (χ1) is 4.63. The first-order valence-electron chi connectivity index (χ1n) is 3.06. The average molecular weight is 296 g/mol. The second-order valence-electron chi connectivity index (χ2n) is 1.99. The van der Waals surface area contributed by atoms with Gasteiger partial charge >= 0.3 is 41.5 Å². The van der Waals surface area contributed by atoms with Gasteiger partial charge in [-0.1, -0.05) is 0 Å². The van der Waals surface area contributed by atoms with E-state index < -0.39 is 11.9 Å². The van der Waals surface area contributed by atoms with Crippen molar-refractivity contribution in [3.8, 4) is 0 Å². The Labute approximate surface area is 110 Å². The smallest absolute Gasteiger partial charge is 1.00 e. The average Bonchev–Trinajstić information content (AvgIpc) is 1.79. The molecule has 0 saturated carbocycles. The third-order valence-electron chi connectivity index (χ3n) is 1.03. The predicted octanol–water partition coefficient (Wildman–Crippen LogP) is -5.28. The molecule has 0 aromatic heterocycles. The molecule has 0 aromatic carbocycles. The fraction of sp³-hybridized carbons (Fsp3) is 0.667. The van der Waals surface area contributed by atoms with Crippen LogP contribution in [0, 0.1) is 0 Å². The fourth-order valence-corrected chi connectivity index (χ4v) is 0.552. The van der Waals surface area contributed by atoms with Crippen molar-refractivity contribution in [3.63, 3.8) is 0 Å². The summed E-state index contributed by atoms with van der Waals surface area (Å²) in [6.45, 7) is 0. The molecule has 0 fully saturated rings. The zero-order chi connectivity index (χ0) is 7.98.